The van der Waals surface area contributed by atoms with Gasteiger partial charge >= 0.3 is 0 Å². The zero-order chi connectivity index (χ0) is 20.3. The van der Waals surface area contributed by atoms with E-state index in [4.69, 9.17) is 4.74 Å². The predicted octanol–water partition coefficient (Wildman–Crippen LogP) is 2.06. The van der Waals surface area contributed by atoms with Crippen molar-refractivity contribution in [2.45, 2.75) is 33.7 Å². The van der Waals surface area contributed by atoms with E-state index in [0.717, 1.165) is 23.6 Å². The molecule has 0 unspecified atom stereocenters. The number of carbonyl (C=O) groups is 2. The Labute approximate surface area is 165 Å². The highest BCUT2D eigenvalue weighted by Gasteiger charge is 2.25. The molecule has 2 heterocycles. The number of nitrogens with zero attached hydrogens (tertiary/aromatic N) is 4. The van der Waals surface area contributed by atoms with Crippen molar-refractivity contribution < 1.29 is 14.3 Å². The summed E-state index contributed by atoms with van der Waals surface area (Å²) in [4.78, 5) is 29.0. The summed E-state index contributed by atoms with van der Waals surface area (Å²) in [6.45, 7) is 8.50. The molecule has 0 bridgehead atoms. The quantitative estimate of drug-likeness (QED) is 0.791. The van der Waals surface area contributed by atoms with Crippen LogP contribution in [0.2, 0.25) is 0 Å². The standard InChI is InChI=1S/C21H28N4O3/c1-5-19-15(2)22-25(16(19)3)14-20(26)23-10-12-24(13-11-23)21(27)17-6-8-18(28-4)9-7-17/h6-9H,5,10-14H2,1-4H3. The van der Waals surface area contributed by atoms with Gasteiger partial charge in [-0.15, -0.1) is 0 Å². The second kappa shape index (κ2) is 8.46. The van der Waals surface area contributed by atoms with Crippen LogP contribution in [-0.4, -0.2) is 64.7 Å². The van der Waals surface area contributed by atoms with Crippen LogP contribution in [0.25, 0.3) is 0 Å². The molecule has 0 radical (unpaired) electrons. The van der Waals surface area contributed by atoms with Crippen molar-refractivity contribution >= 4 is 11.8 Å². The van der Waals surface area contributed by atoms with Crippen molar-refractivity contribution in [1.82, 2.24) is 19.6 Å². The topological polar surface area (TPSA) is 67.7 Å². The zero-order valence-electron chi connectivity index (χ0n) is 17.1. The first kappa shape index (κ1) is 19.9. The van der Waals surface area contributed by atoms with Crippen molar-refractivity contribution in [3.8, 4) is 5.75 Å². The van der Waals surface area contributed by atoms with Crippen molar-refractivity contribution in [1.29, 1.82) is 0 Å². The fourth-order valence-electron chi connectivity index (χ4n) is 3.70. The van der Waals surface area contributed by atoms with Gasteiger partial charge in [0.25, 0.3) is 5.91 Å². The first-order valence-electron chi connectivity index (χ1n) is 9.68. The highest BCUT2D eigenvalue weighted by Crippen LogP contribution is 2.16. The van der Waals surface area contributed by atoms with Gasteiger partial charge in [-0.25, -0.2) is 0 Å². The number of hydrogen-bond acceptors (Lipinski definition) is 4. The van der Waals surface area contributed by atoms with E-state index >= 15 is 0 Å². The summed E-state index contributed by atoms with van der Waals surface area (Å²) in [6.07, 6.45) is 0.915. The third-order valence-corrected chi connectivity index (χ3v) is 5.43. The van der Waals surface area contributed by atoms with Crippen molar-refractivity contribution in [3.05, 3.63) is 46.8 Å². The van der Waals surface area contributed by atoms with Crippen molar-refractivity contribution in [2.24, 2.45) is 0 Å². The second-order valence-corrected chi connectivity index (χ2v) is 7.06. The van der Waals surface area contributed by atoms with E-state index in [2.05, 4.69) is 12.0 Å². The first-order valence-corrected chi connectivity index (χ1v) is 9.68. The molecule has 1 fully saturated rings. The summed E-state index contributed by atoms with van der Waals surface area (Å²) >= 11 is 0. The maximum atomic E-state index is 12.7. The largest absolute Gasteiger partial charge is 0.497 e. The first-order chi connectivity index (χ1) is 13.4. The Bertz CT molecular complexity index is 849. The summed E-state index contributed by atoms with van der Waals surface area (Å²) in [5.74, 6) is 0.757. The second-order valence-electron chi connectivity index (χ2n) is 7.06. The molecule has 1 aliphatic heterocycles. The third-order valence-electron chi connectivity index (χ3n) is 5.43. The Balaban J connectivity index is 1.57. The van der Waals surface area contributed by atoms with Gasteiger partial charge in [-0.1, -0.05) is 6.92 Å². The molecule has 150 valence electrons. The zero-order valence-corrected chi connectivity index (χ0v) is 17.1. The number of ether oxygens (including phenoxy) is 1. The Morgan fingerprint density at radius 2 is 1.64 bits per heavy atom. The lowest BCUT2D eigenvalue weighted by molar-refractivity contribution is -0.133. The fraction of sp³-hybridized carbons (Fsp3) is 0.476. The van der Waals surface area contributed by atoms with E-state index in [1.807, 2.05) is 18.7 Å². The van der Waals surface area contributed by atoms with Crippen LogP contribution in [-0.2, 0) is 17.8 Å². The van der Waals surface area contributed by atoms with Gasteiger partial charge in [0.05, 0.1) is 12.8 Å². The Kier molecular flexibility index (Phi) is 6.02. The molecule has 7 nitrogen and oxygen atoms in total. The highest BCUT2D eigenvalue weighted by molar-refractivity contribution is 5.94. The van der Waals surface area contributed by atoms with E-state index in [1.165, 1.54) is 5.56 Å². The SMILES string of the molecule is CCc1c(C)nn(CC(=O)N2CCN(C(=O)c3ccc(OC)cc3)CC2)c1C. The molecular weight excluding hydrogens is 356 g/mol. The fourth-order valence-corrected chi connectivity index (χ4v) is 3.70. The van der Waals surface area contributed by atoms with Crippen LogP contribution in [0.3, 0.4) is 0 Å². The van der Waals surface area contributed by atoms with Crippen LogP contribution in [0.5, 0.6) is 5.75 Å². The molecule has 0 spiro atoms. The number of carbonyl (C=O) groups excluding carboxylic acids is 2. The van der Waals surface area contributed by atoms with Gasteiger partial charge in [0.2, 0.25) is 5.91 Å². The summed E-state index contributed by atoms with van der Waals surface area (Å²) < 4.78 is 6.93. The molecule has 1 aromatic heterocycles. The lowest BCUT2D eigenvalue weighted by Gasteiger charge is -2.35. The summed E-state index contributed by atoms with van der Waals surface area (Å²) in [5.41, 5.74) is 3.89. The average Bonchev–Trinajstić information content (AvgIpc) is 2.99. The minimum Gasteiger partial charge on any atom is -0.497 e. The van der Waals surface area contributed by atoms with Gasteiger partial charge in [0.15, 0.2) is 0 Å². The minimum absolute atomic E-state index is 0.0131. The van der Waals surface area contributed by atoms with E-state index in [9.17, 15) is 9.59 Å². The molecule has 0 aliphatic carbocycles. The molecular formula is C21H28N4O3. The lowest BCUT2D eigenvalue weighted by atomic mass is 10.1. The third kappa shape index (κ3) is 4.03. The van der Waals surface area contributed by atoms with Gasteiger partial charge in [-0.3, -0.25) is 14.3 Å². The molecule has 1 saturated heterocycles. The van der Waals surface area contributed by atoms with E-state index < -0.39 is 0 Å². The highest BCUT2D eigenvalue weighted by atomic mass is 16.5. The number of hydrogen-bond donors (Lipinski definition) is 0. The van der Waals surface area contributed by atoms with Crippen LogP contribution in [0.1, 0.15) is 34.2 Å². The van der Waals surface area contributed by atoms with E-state index in [1.54, 1.807) is 41.0 Å². The maximum absolute atomic E-state index is 12.7. The number of methoxy groups -OCH3 is 1. The molecule has 0 atom stereocenters. The van der Waals surface area contributed by atoms with E-state index in [0.29, 0.717) is 31.7 Å². The molecule has 1 aromatic carbocycles. The predicted molar refractivity (Wildman–Crippen MR) is 107 cm³/mol. The molecule has 7 heteroatoms. The van der Waals surface area contributed by atoms with Crippen LogP contribution >= 0.6 is 0 Å². The summed E-state index contributed by atoms with van der Waals surface area (Å²) in [7, 11) is 1.60. The van der Waals surface area contributed by atoms with Gasteiger partial charge in [0.1, 0.15) is 12.3 Å². The van der Waals surface area contributed by atoms with Crippen LogP contribution in [0.4, 0.5) is 0 Å². The molecule has 3 rings (SSSR count). The van der Waals surface area contributed by atoms with Gasteiger partial charge < -0.3 is 14.5 Å². The number of aromatic nitrogens is 2. The maximum Gasteiger partial charge on any atom is 0.253 e. The van der Waals surface area contributed by atoms with Crippen molar-refractivity contribution in [2.75, 3.05) is 33.3 Å². The number of aryl methyl sites for hydroxylation is 1. The van der Waals surface area contributed by atoms with Gasteiger partial charge in [0, 0.05) is 37.4 Å². The molecule has 0 saturated carbocycles. The molecule has 0 N–H and O–H groups in total. The van der Waals surface area contributed by atoms with Crippen LogP contribution < -0.4 is 4.74 Å². The Hall–Kier alpha value is -2.83. The molecule has 28 heavy (non-hydrogen) atoms. The molecule has 2 aromatic rings. The lowest BCUT2D eigenvalue weighted by Crippen LogP contribution is -2.51. The van der Waals surface area contributed by atoms with Gasteiger partial charge in [-0.05, 0) is 50.1 Å². The number of rotatable bonds is 5. The summed E-state index contributed by atoms with van der Waals surface area (Å²) in [6, 6.07) is 7.11. The molecule has 2 amide bonds. The Morgan fingerprint density at radius 3 is 2.18 bits per heavy atom. The molecule has 1 aliphatic rings. The normalized spacial score (nSPS) is 14.3. The summed E-state index contributed by atoms with van der Waals surface area (Å²) in [5, 5.41) is 4.51. The van der Waals surface area contributed by atoms with E-state index in [-0.39, 0.29) is 18.4 Å². The number of piperazine rings is 1. The number of benzene rings is 1. The number of amides is 2. The smallest absolute Gasteiger partial charge is 0.253 e. The van der Waals surface area contributed by atoms with Crippen LogP contribution in [0, 0.1) is 13.8 Å². The monoisotopic (exact) mass is 384 g/mol. The minimum atomic E-state index is -0.0131. The van der Waals surface area contributed by atoms with Gasteiger partial charge in [-0.2, -0.15) is 5.10 Å². The average molecular weight is 384 g/mol. The van der Waals surface area contributed by atoms with Crippen molar-refractivity contribution in [3.63, 3.8) is 0 Å². The van der Waals surface area contributed by atoms with Crippen LogP contribution in [0.15, 0.2) is 24.3 Å². The Morgan fingerprint density at radius 1 is 1.04 bits per heavy atom.